The van der Waals surface area contributed by atoms with Crippen LogP contribution < -0.4 is 10.6 Å². The number of carbonyl (C=O) groups excluding carboxylic acids is 4. The predicted octanol–water partition coefficient (Wildman–Crippen LogP) is 3.07. The lowest BCUT2D eigenvalue weighted by atomic mass is 10.1. The third-order valence-electron chi connectivity index (χ3n) is 3.95. The van der Waals surface area contributed by atoms with Gasteiger partial charge in [0, 0.05) is 34.3 Å². The van der Waals surface area contributed by atoms with Gasteiger partial charge in [-0.15, -0.1) is 11.3 Å². The summed E-state index contributed by atoms with van der Waals surface area (Å²) in [6.07, 6.45) is -1.47. The van der Waals surface area contributed by atoms with E-state index >= 15 is 0 Å². The minimum Gasteiger partial charge on any atom is -0.447 e. The van der Waals surface area contributed by atoms with Gasteiger partial charge in [0.2, 0.25) is 6.10 Å². The maximum atomic E-state index is 12.3. The SMILES string of the molecule is CNC(=O)NC(=O)[C@@H](OC(=O)CCC(=O)c1cc(C)sc1C)c1ccccc1. The number of hydrogen-bond donors (Lipinski definition) is 2. The number of aryl methyl sites for hydroxylation is 2. The molecular formula is C20H22N2O5S. The zero-order valence-corrected chi connectivity index (χ0v) is 16.7. The molecule has 148 valence electrons. The quantitative estimate of drug-likeness (QED) is 0.547. The van der Waals surface area contributed by atoms with Gasteiger partial charge in [-0.05, 0) is 19.9 Å². The van der Waals surface area contributed by atoms with Crippen molar-refractivity contribution in [3.05, 3.63) is 57.3 Å². The number of ether oxygens (including phenoxy) is 1. The van der Waals surface area contributed by atoms with E-state index in [-0.39, 0.29) is 18.6 Å². The molecule has 1 heterocycles. The Morgan fingerprint density at radius 1 is 1.07 bits per heavy atom. The van der Waals surface area contributed by atoms with Gasteiger partial charge < -0.3 is 10.1 Å². The van der Waals surface area contributed by atoms with Crippen molar-refractivity contribution in [2.75, 3.05) is 7.05 Å². The number of nitrogens with one attached hydrogen (secondary N) is 2. The van der Waals surface area contributed by atoms with Crippen LogP contribution in [0.4, 0.5) is 4.79 Å². The topological polar surface area (TPSA) is 102 Å². The number of carbonyl (C=O) groups is 4. The molecule has 1 aromatic heterocycles. The molecule has 0 bridgehead atoms. The summed E-state index contributed by atoms with van der Waals surface area (Å²) in [6, 6.07) is 9.46. The monoisotopic (exact) mass is 402 g/mol. The van der Waals surface area contributed by atoms with Gasteiger partial charge in [0.1, 0.15) is 0 Å². The summed E-state index contributed by atoms with van der Waals surface area (Å²) in [6.45, 7) is 3.77. The number of rotatable bonds is 7. The second kappa shape index (κ2) is 9.80. The van der Waals surface area contributed by atoms with E-state index in [0.29, 0.717) is 11.1 Å². The average Bonchev–Trinajstić information content (AvgIpc) is 3.02. The number of urea groups is 1. The predicted molar refractivity (Wildman–Crippen MR) is 105 cm³/mol. The Labute approximate surface area is 167 Å². The molecule has 0 aliphatic heterocycles. The van der Waals surface area contributed by atoms with Crippen molar-refractivity contribution in [2.24, 2.45) is 0 Å². The summed E-state index contributed by atoms with van der Waals surface area (Å²) in [5.41, 5.74) is 1.03. The van der Waals surface area contributed by atoms with Crippen molar-refractivity contribution in [1.29, 1.82) is 0 Å². The van der Waals surface area contributed by atoms with Gasteiger partial charge in [-0.1, -0.05) is 30.3 Å². The van der Waals surface area contributed by atoms with Crippen molar-refractivity contribution >= 4 is 35.0 Å². The van der Waals surface area contributed by atoms with Gasteiger partial charge in [0.05, 0.1) is 6.42 Å². The number of thiophene rings is 1. The molecule has 2 aromatic rings. The Morgan fingerprint density at radius 3 is 2.32 bits per heavy atom. The lowest BCUT2D eigenvalue weighted by Gasteiger charge is -2.17. The van der Waals surface area contributed by atoms with Gasteiger partial charge in [0.15, 0.2) is 5.78 Å². The number of benzene rings is 1. The fraction of sp³-hybridized carbons (Fsp3) is 0.300. The Kier molecular flexibility index (Phi) is 7.45. The van der Waals surface area contributed by atoms with Gasteiger partial charge in [-0.2, -0.15) is 0 Å². The number of Topliss-reactive ketones (excluding diaryl/α,β-unsaturated/α-hetero) is 1. The second-order valence-electron chi connectivity index (χ2n) is 6.10. The van der Waals surface area contributed by atoms with Crippen LogP contribution >= 0.6 is 11.3 Å². The first-order valence-corrected chi connectivity index (χ1v) is 9.50. The summed E-state index contributed by atoms with van der Waals surface area (Å²) < 4.78 is 5.28. The van der Waals surface area contributed by atoms with Crippen LogP contribution in [0.25, 0.3) is 0 Å². The maximum Gasteiger partial charge on any atom is 0.321 e. The molecule has 0 saturated carbocycles. The standard InChI is InChI=1S/C20H22N2O5S/c1-12-11-15(13(2)28-12)16(23)9-10-17(24)27-18(14-7-5-4-6-8-14)19(25)22-20(26)21-3/h4-8,11,18H,9-10H2,1-3H3,(H2,21,22,25,26)/t18-/m0/s1. The normalized spacial score (nSPS) is 11.4. The number of imide groups is 1. The lowest BCUT2D eigenvalue weighted by molar-refractivity contribution is -0.156. The molecule has 3 amide bonds. The number of amides is 3. The van der Waals surface area contributed by atoms with E-state index in [1.165, 1.54) is 18.4 Å². The Bertz CT molecular complexity index is 876. The van der Waals surface area contributed by atoms with Crippen molar-refractivity contribution in [3.8, 4) is 0 Å². The van der Waals surface area contributed by atoms with Crippen LogP contribution in [0.2, 0.25) is 0 Å². The maximum absolute atomic E-state index is 12.3. The van der Waals surface area contributed by atoms with Gasteiger partial charge in [-0.25, -0.2) is 4.79 Å². The summed E-state index contributed by atoms with van der Waals surface area (Å²) >= 11 is 1.52. The molecule has 0 fully saturated rings. The number of ketones is 1. The van der Waals surface area contributed by atoms with Gasteiger partial charge >= 0.3 is 12.0 Å². The summed E-state index contributed by atoms with van der Waals surface area (Å²) in [5, 5.41) is 4.37. The molecular weight excluding hydrogens is 380 g/mol. The van der Waals surface area contributed by atoms with Crippen LogP contribution in [0.1, 0.15) is 44.6 Å². The van der Waals surface area contributed by atoms with E-state index in [1.54, 1.807) is 36.4 Å². The highest BCUT2D eigenvalue weighted by atomic mass is 32.1. The Balaban J connectivity index is 2.03. The first kappa shape index (κ1) is 21.3. The van der Waals surface area contributed by atoms with Crippen LogP contribution in [0.15, 0.2) is 36.4 Å². The molecule has 0 radical (unpaired) electrons. The van der Waals surface area contributed by atoms with E-state index in [2.05, 4.69) is 10.6 Å². The van der Waals surface area contributed by atoms with E-state index < -0.39 is 24.0 Å². The fourth-order valence-electron chi connectivity index (χ4n) is 2.59. The summed E-state index contributed by atoms with van der Waals surface area (Å²) in [4.78, 5) is 50.3. The Morgan fingerprint density at radius 2 is 1.75 bits per heavy atom. The Hall–Kier alpha value is -3.00. The molecule has 0 aliphatic rings. The minimum absolute atomic E-state index is 0.0194. The van der Waals surface area contributed by atoms with Crippen molar-refractivity contribution in [1.82, 2.24) is 10.6 Å². The van der Waals surface area contributed by atoms with Gasteiger partial charge in [0.25, 0.3) is 5.91 Å². The van der Waals surface area contributed by atoms with Crippen molar-refractivity contribution in [2.45, 2.75) is 32.8 Å². The molecule has 7 nitrogen and oxygen atoms in total. The van der Waals surface area contributed by atoms with Gasteiger partial charge in [-0.3, -0.25) is 19.7 Å². The molecule has 2 N–H and O–H groups in total. The second-order valence-corrected chi connectivity index (χ2v) is 7.56. The third kappa shape index (κ3) is 5.75. The molecule has 0 saturated heterocycles. The largest absolute Gasteiger partial charge is 0.447 e. The van der Waals surface area contributed by atoms with E-state index in [9.17, 15) is 19.2 Å². The summed E-state index contributed by atoms with van der Waals surface area (Å²) in [7, 11) is 1.37. The fourth-order valence-corrected chi connectivity index (χ4v) is 3.53. The lowest BCUT2D eigenvalue weighted by Crippen LogP contribution is -2.41. The number of esters is 1. The summed E-state index contributed by atoms with van der Waals surface area (Å²) in [5.74, 6) is -1.61. The molecule has 0 unspecified atom stereocenters. The van der Waals surface area contributed by atoms with Crippen LogP contribution in [0.5, 0.6) is 0 Å². The molecule has 8 heteroatoms. The van der Waals surface area contributed by atoms with Crippen LogP contribution in [0.3, 0.4) is 0 Å². The van der Waals surface area contributed by atoms with Crippen molar-refractivity contribution in [3.63, 3.8) is 0 Å². The van der Waals surface area contributed by atoms with Crippen molar-refractivity contribution < 1.29 is 23.9 Å². The molecule has 1 aromatic carbocycles. The highest BCUT2D eigenvalue weighted by Crippen LogP contribution is 2.23. The first-order valence-electron chi connectivity index (χ1n) is 8.69. The zero-order valence-electron chi connectivity index (χ0n) is 15.9. The molecule has 0 aliphatic carbocycles. The van der Waals surface area contributed by atoms with E-state index in [1.807, 2.05) is 13.8 Å². The smallest absolute Gasteiger partial charge is 0.321 e. The zero-order chi connectivity index (χ0) is 20.7. The number of hydrogen-bond acceptors (Lipinski definition) is 6. The van der Waals surface area contributed by atoms with Crippen LogP contribution in [-0.4, -0.2) is 30.7 Å². The average molecular weight is 402 g/mol. The highest BCUT2D eigenvalue weighted by molar-refractivity contribution is 7.12. The highest BCUT2D eigenvalue weighted by Gasteiger charge is 2.26. The molecule has 1 atom stereocenters. The van der Waals surface area contributed by atoms with Crippen LogP contribution in [-0.2, 0) is 14.3 Å². The third-order valence-corrected chi connectivity index (χ3v) is 4.92. The van der Waals surface area contributed by atoms with Crippen LogP contribution in [0, 0.1) is 13.8 Å². The van der Waals surface area contributed by atoms with E-state index in [4.69, 9.17) is 4.74 Å². The minimum atomic E-state index is -1.29. The molecule has 0 spiro atoms. The molecule has 2 rings (SSSR count). The molecule has 28 heavy (non-hydrogen) atoms. The van der Waals surface area contributed by atoms with E-state index in [0.717, 1.165) is 9.75 Å². The first-order chi connectivity index (χ1) is 13.3.